The number of pyridine rings is 2. The molecular weight excluding hydrogens is 829 g/mol. The van der Waals surface area contributed by atoms with E-state index in [1.807, 2.05) is 60.9 Å². The molecule has 3 aliphatic rings. The zero-order valence-corrected chi connectivity index (χ0v) is 36.8. The predicted molar refractivity (Wildman–Crippen MR) is 271 cm³/mol. The number of hydrogen-bond donors (Lipinski definition) is 0. The molecular formula is C62H40N6. The van der Waals surface area contributed by atoms with Crippen LogP contribution in [0.15, 0.2) is 231 Å². The van der Waals surface area contributed by atoms with E-state index in [0.29, 0.717) is 11.6 Å². The highest BCUT2D eigenvalue weighted by Crippen LogP contribution is 2.57. The van der Waals surface area contributed by atoms with E-state index in [4.69, 9.17) is 19.9 Å². The van der Waals surface area contributed by atoms with Gasteiger partial charge in [-0.15, -0.1) is 0 Å². The molecule has 14 rings (SSSR count). The number of hydrogen-bond acceptors (Lipinski definition) is 6. The molecule has 6 nitrogen and oxygen atoms in total. The molecule has 0 spiro atoms. The first-order valence-electron chi connectivity index (χ1n) is 23.0. The number of rotatable bonds is 8. The first-order chi connectivity index (χ1) is 33.7. The van der Waals surface area contributed by atoms with Crippen LogP contribution in [-0.2, 0) is 0 Å². The van der Waals surface area contributed by atoms with Crippen LogP contribution in [-0.4, -0.2) is 29.9 Å². The van der Waals surface area contributed by atoms with Crippen molar-refractivity contribution in [3.63, 3.8) is 0 Å². The van der Waals surface area contributed by atoms with E-state index in [2.05, 4.69) is 168 Å². The van der Waals surface area contributed by atoms with Crippen LogP contribution in [0.25, 0.3) is 90.1 Å². The second-order valence-electron chi connectivity index (χ2n) is 17.4. The van der Waals surface area contributed by atoms with Gasteiger partial charge in [0.15, 0.2) is 11.6 Å². The lowest BCUT2D eigenvalue weighted by molar-refractivity contribution is 0.755. The maximum absolute atomic E-state index is 5.22. The van der Waals surface area contributed by atoms with Crippen molar-refractivity contribution in [2.24, 2.45) is 0 Å². The van der Waals surface area contributed by atoms with Crippen LogP contribution < -0.4 is 0 Å². The molecule has 68 heavy (non-hydrogen) atoms. The quantitative estimate of drug-likeness (QED) is 0.151. The molecule has 0 fully saturated rings. The minimum absolute atomic E-state index is 0.0739. The van der Waals surface area contributed by atoms with Crippen molar-refractivity contribution in [2.75, 3.05) is 0 Å². The zero-order valence-electron chi connectivity index (χ0n) is 36.8. The van der Waals surface area contributed by atoms with E-state index < -0.39 is 0 Å². The fraction of sp³-hybridized carbons (Fsp3) is 0.0323. The van der Waals surface area contributed by atoms with E-state index >= 15 is 0 Å². The average molecular weight is 869 g/mol. The van der Waals surface area contributed by atoms with Gasteiger partial charge in [-0.25, -0.2) is 19.9 Å². The standard InChI is InChI=1S/C62H40N6/c1-3-15-39(16-4-1)55-35-56(43-19-13-31-63-37-43)67-62(66-55)52-26-12-8-22-46(52)42-28-30-51-54(34-42)60-49-25-11-10-24-48(49)59(51)53-33-41(27-29-50(53)60)45-21-7-9-23-47(45)58-36-57(44-20-14-32-64-38-44)65-61(68-58)40-17-5-2-6-18-40/h1-38,59-60H. The van der Waals surface area contributed by atoms with Crippen LogP contribution in [0.5, 0.6) is 0 Å². The van der Waals surface area contributed by atoms with Crippen molar-refractivity contribution >= 4 is 0 Å². The fourth-order valence-corrected chi connectivity index (χ4v) is 10.4. The van der Waals surface area contributed by atoms with Crippen LogP contribution in [0.1, 0.15) is 45.2 Å². The summed E-state index contributed by atoms with van der Waals surface area (Å²) in [5.41, 5.74) is 21.9. The molecule has 0 aliphatic heterocycles. The fourth-order valence-electron chi connectivity index (χ4n) is 10.4. The third-order valence-corrected chi connectivity index (χ3v) is 13.5. The van der Waals surface area contributed by atoms with Gasteiger partial charge in [0.2, 0.25) is 0 Å². The van der Waals surface area contributed by atoms with Gasteiger partial charge in [-0.1, -0.05) is 158 Å². The molecule has 0 amide bonds. The summed E-state index contributed by atoms with van der Waals surface area (Å²) in [4.78, 5) is 29.5. The molecule has 0 N–H and O–H groups in total. The Morgan fingerprint density at radius 3 is 1.22 bits per heavy atom. The van der Waals surface area contributed by atoms with E-state index in [1.54, 1.807) is 12.4 Å². The summed E-state index contributed by atoms with van der Waals surface area (Å²) < 4.78 is 0. The van der Waals surface area contributed by atoms with Crippen molar-refractivity contribution < 1.29 is 0 Å². The number of aromatic nitrogens is 6. The summed E-state index contributed by atoms with van der Waals surface area (Å²) in [5.74, 6) is 1.50. The van der Waals surface area contributed by atoms with E-state index in [-0.39, 0.29) is 11.8 Å². The van der Waals surface area contributed by atoms with Gasteiger partial charge in [0.1, 0.15) is 0 Å². The van der Waals surface area contributed by atoms with Crippen LogP contribution in [0, 0.1) is 0 Å². The molecule has 4 aromatic heterocycles. The van der Waals surface area contributed by atoms with Gasteiger partial charge in [0, 0.05) is 70.0 Å². The van der Waals surface area contributed by atoms with Crippen molar-refractivity contribution in [2.45, 2.75) is 11.8 Å². The molecule has 318 valence electrons. The lowest BCUT2D eigenvalue weighted by Crippen LogP contribution is -2.27. The lowest BCUT2D eigenvalue weighted by atomic mass is 9.60. The van der Waals surface area contributed by atoms with Crippen molar-refractivity contribution in [3.05, 3.63) is 264 Å². The van der Waals surface area contributed by atoms with Gasteiger partial charge >= 0.3 is 0 Å². The summed E-state index contributed by atoms with van der Waals surface area (Å²) in [6, 6.07) is 73.1. The van der Waals surface area contributed by atoms with Crippen LogP contribution in [0.3, 0.4) is 0 Å². The maximum atomic E-state index is 5.22. The Morgan fingerprint density at radius 1 is 0.250 bits per heavy atom. The van der Waals surface area contributed by atoms with Crippen LogP contribution in [0.2, 0.25) is 0 Å². The van der Waals surface area contributed by atoms with Gasteiger partial charge in [-0.2, -0.15) is 0 Å². The molecule has 2 bridgehead atoms. The summed E-state index contributed by atoms with van der Waals surface area (Å²) in [5, 5.41) is 0. The van der Waals surface area contributed by atoms with Crippen molar-refractivity contribution in [1.29, 1.82) is 0 Å². The first kappa shape index (κ1) is 39.4. The Hall–Kier alpha value is -9.00. The number of benzene rings is 7. The molecule has 11 aromatic rings. The van der Waals surface area contributed by atoms with Crippen molar-refractivity contribution in [3.8, 4) is 90.1 Å². The largest absolute Gasteiger partial charge is 0.264 e. The molecule has 7 aromatic carbocycles. The van der Waals surface area contributed by atoms with E-state index in [0.717, 1.165) is 78.4 Å². The summed E-state index contributed by atoms with van der Waals surface area (Å²) in [6.45, 7) is 0. The molecule has 0 saturated carbocycles. The maximum Gasteiger partial charge on any atom is 0.161 e. The van der Waals surface area contributed by atoms with Crippen LogP contribution >= 0.6 is 0 Å². The summed E-state index contributed by atoms with van der Waals surface area (Å²) in [7, 11) is 0. The monoisotopic (exact) mass is 868 g/mol. The first-order valence-corrected chi connectivity index (χ1v) is 23.0. The van der Waals surface area contributed by atoms with Gasteiger partial charge < -0.3 is 0 Å². The van der Waals surface area contributed by atoms with Gasteiger partial charge in [0.05, 0.1) is 22.8 Å². The number of nitrogens with zero attached hydrogens (tertiary/aromatic N) is 6. The third-order valence-electron chi connectivity index (χ3n) is 13.5. The highest BCUT2D eigenvalue weighted by molar-refractivity contribution is 5.87. The SMILES string of the molecule is c1ccc(-c2cc(-c3cccnc3)nc(-c3ccccc3-c3ccc4c(c3)C3c5ccccc5C4c4cc(-c5ccccc5-c5cc(-c6cccnc6)nc(-c6ccccc6)n5)ccc43)n2)cc1. The lowest BCUT2D eigenvalue weighted by Gasteiger charge is -2.42. The van der Waals surface area contributed by atoms with E-state index in [1.165, 1.54) is 33.4 Å². The molecule has 2 unspecified atom stereocenters. The molecule has 0 radical (unpaired) electrons. The molecule has 4 heterocycles. The Morgan fingerprint density at radius 2 is 0.662 bits per heavy atom. The molecule has 2 atom stereocenters. The van der Waals surface area contributed by atoms with Crippen molar-refractivity contribution in [1.82, 2.24) is 29.9 Å². The Bertz CT molecular complexity index is 3330. The minimum atomic E-state index is 0.0739. The predicted octanol–water partition coefficient (Wildman–Crippen LogP) is 14.4. The summed E-state index contributed by atoms with van der Waals surface area (Å²) >= 11 is 0. The second kappa shape index (κ2) is 16.5. The van der Waals surface area contributed by atoms with Gasteiger partial charge in [-0.05, 0) is 104 Å². The topological polar surface area (TPSA) is 77.3 Å². The Labute approximate surface area is 394 Å². The van der Waals surface area contributed by atoms with Gasteiger partial charge in [-0.3, -0.25) is 9.97 Å². The molecule has 0 saturated heterocycles. The Kier molecular flexibility index (Phi) is 9.53. The summed E-state index contributed by atoms with van der Waals surface area (Å²) in [6.07, 6.45) is 7.31. The Balaban J connectivity index is 0.918. The van der Waals surface area contributed by atoms with E-state index in [9.17, 15) is 0 Å². The average Bonchev–Trinajstić information content (AvgIpc) is 3.43. The normalized spacial score (nSPS) is 14.2. The van der Waals surface area contributed by atoms with Crippen LogP contribution in [0.4, 0.5) is 0 Å². The van der Waals surface area contributed by atoms with Gasteiger partial charge in [0.25, 0.3) is 0 Å². The third kappa shape index (κ3) is 6.81. The smallest absolute Gasteiger partial charge is 0.161 e. The zero-order chi connectivity index (χ0) is 45.0. The highest BCUT2D eigenvalue weighted by atomic mass is 14.9. The molecule has 3 aliphatic carbocycles. The minimum Gasteiger partial charge on any atom is -0.264 e. The molecule has 6 heteroatoms. The second-order valence-corrected chi connectivity index (χ2v) is 17.4. The highest BCUT2D eigenvalue weighted by Gasteiger charge is 2.41.